The minimum absolute atomic E-state index is 0.253. The van der Waals surface area contributed by atoms with Gasteiger partial charge < -0.3 is 5.32 Å². The first-order valence-corrected chi connectivity index (χ1v) is 6.72. The van der Waals surface area contributed by atoms with Gasteiger partial charge in [0.05, 0.1) is 0 Å². The number of nitrogens with one attached hydrogen (secondary N) is 2. The number of benzene rings is 1. The molecule has 0 bridgehead atoms. The molecule has 1 aromatic carbocycles. The first-order chi connectivity index (χ1) is 9.47. The van der Waals surface area contributed by atoms with Gasteiger partial charge in [-0.05, 0) is 30.0 Å². The van der Waals surface area contributed by atoms with Gasteiger partial charge in [0.1, 0.15) is 6.04 Å². The van der Waals surface area contributed by atoms with E-state index in [1.165, 1.54) is 0 Å². The van der Waals surface area contributed by atoms with Crippen LogP contribution in [0.2, 0.25) is 0 Å². The third-order valence-corrected chi connectivity index (χ3v) is 3.36. The normalized spacial score (nSPS) is 18.9. The number of rotatable bonds is 3. The molecule has 0 saturated carbocycles. The molecule has 2 rings (SSSR count). The molecular weight excluding hydrogens is 256 g/mol. The molecular formula is C15H18N2O3. The lowest BCUT2D eigenvalue weighted by Gasteiger charge is -2.22. The zero-order chi connectivity index (χ0) is 14.7. The van der Waals surface area contributed by atoms with Crippen LogP contribution in [0, 0.1) is 0 Å². The Morgan fingerprint density at radius 1 is 1.35 bits per heavy atom. The largest absolute Gasteiger partial charge is 0.340 e. The van der Waals surface area contributed by atoms with E-state index >= 15 is 0 Å². The summed E-state index contributed by atoms with van der Waals surface area (Å²) in [7, 11) is 0. The van der Waals surface area contributed by atoms with Gasteiger partial charge in [0.2, 0.25) is 11.8 Å². The molecule has 1 fully saturated rings. The van der Waals surface area contributed by atoms with Crippen LogP contribution in [0.25, 0.3) is 0 Å². The number of amides is 3. The quantitative estimate of drug-likeness (QED) is 0.817. The first kappa shape index (κ1) is 14.2. The lowest BCUT2D eigenvalue weighted by atomic mass is 10.00. The van der Waals surface area contributed by atoms with E-state index < -0.39 is 11.9 Å². The molecule has 106 valence electrons. The standard InChI is InChI=1S/C15H18N2O3/c1-9(2)10-4-3-5-11(8-10)14(19)16-12-6-7-13(18)17-15(12)20/h3-5,8-9,12H,6-7H2,1-2H3,(H,16,19)(H,17,18,20). The molecule has 1 heterocycles. The van der Waals surface area contributed by atoms with E-state index in [0.29, 0.717) is 17.9 Å². The van der Waals surface area contributed by atoms with Crippen molar-refractivity contribution in [3.05, 3.63) is 35.4 Å². The number of carbonyl (C=O) groups excluding carboxylic acids is 3. The molecule has 1 saturated heterocycles. The molecule has 1 aromatic rings. The van der Waals surface area contributed by atoms with Crippen LogP contribution in [0.15, 0.2) is 24.3 Å². The van der Waals surface area contributed by atoms with Crippen LogP contribution < -0.4 is 10.6 Å². The number of hydrogen-bond acceptors (Lipinski definition) is 3. The minimum Gasteiger partial charge on any atom is -0.340 e. The predicted molar refractivity (Wildman–Crippen MR) is 74.2 cm³/mol. The molecule has 1 aliphatic heterocycles. The number of hydrogen-bond donors (Lipinski definition) is 2. The van der Waals surface area contributed by atoms with Gasteiger partial charge in [-0.1, -0.05) is 26.0 Å². The monoisotopic (exact) mass is 274 g/mol. The molecule has 3 amide bonds. The highest BCUT2D eigenvalue weighted by molar-refractivity contribution is 6.03. The Morgan fingerprint density at radius 3 is 2.75 bits per heavy atom. The van der Waals surface area contributed by atoms with Gasteiger partial charge in [-0.25, -0.2) is 0 Å². The Balaban J connectivity index is 2.06. The molecule has 5 heteroatoms. The van der Waals surface area contributed by atoms with Gasteiger partial charge in [0, 0.05) is 12.0 Å². The smallest absolute Gasteiger partial charge is 0.251 e. The lowest BCUT2D eigenvalue weighted by molar-refractivity contribution is -0.134. The summed E-state index contributed by atoms with van der Waals surface area (Å²) in [6.45, 7) is 4.11. The van der Waals surface area contributed by atoms with Crippen LogP contribution in [-0.2, 0) is 9.59 Å². The second-order valence-electron chi connectivity index (χ2n) is 5.26. The van der Waals surface area contributed by atoms with Crippen LogP contribution in [0.4, 0.5) is 0 Å². The Hall–Kier alpha value is -2.17. The fraction of sp³-hybridized carbons (Fsp3) is 0.400. The van der Waals surface area contributed by atoms with Crippen LogP contribution in [0.1, 0.15) is 48.5 Å². The molecule has 5 nitrogen and oxygen atoms in total. The molecule has 0 aromatic heterocycles. The fourth-order valence-electron chi connectivity index (χ4n) is 2.11. The summed E-state index contributed by atoms with van der Waals surface area (Å²) in [4.78, 5) is 34.8. The van der Waals surface area contributed by atoms with Crippen molar-refractivity contribution in [2.24, 2.45) is 0 Å². The highest BCUT2D eigenvalue weighted by atomic mass is 16.2. The first-order valence-electron chi connectivity index (χ1n) is 6.72. The van der Waals surface area contributed by atoms with E-state index in [4.69, 9.17) is 0 Å². The van der Waals surface area contributed by atoms with Crippen molar-refractivity contribution in [2.75, 3.05) is 0 Å². The topological polar surface area (TPSA) is 75.3 Å². The van der Waals surface area contributed by atoms with Gasteiger partial charge in [-0.15, -0.1) is 0 Å². The molecule has 0 radical (unpaired) electrons. The Labute approximate surface area is 117 Å². The second-order valence-corrected chi connectivity index (χ2v) is 5.26. The van der Waals surface area contributed by atoms with E-state index in [9.17, 15) is 14.4 Å². The second kappa shape index (κ2) is 5.86. The Morgan fingerprint density at radius 2 is 2.10 bits per heavy atom. The van der Waals surface area contributed by atoms with Gasteiger partial charge >= 0.3 is 0 Å². The molecule has 2 N–H and O–H groups in total. The Kier molecular flexibility index (Phi) is 4.17. The van der Waals surface area contributed by atoms with Crippen LogP contribution in [-0.4, -0.2) is 23.8 Å². The summed E-state index contributed by atoms with van der Waals surface area (Å²) in [5.74, 6) is -0.683. The van der Waals surface area contributed by atoms with Crippen molar-refractivity contribution >= 4 is 17.7 Å². The third-order valence-electron chi connectivity index (χ3n) is 3.36. The molecule has 0 spiro atoms. The summed E-state index contributed by atoms with van der Waals surface area (Å²) in [6.07, 6.45) is 0.600. The van der Waals surface area contributed by atoms with Crippen molar-refractivity contribution in [3.63, 3.8) is 0 Å². The number of piperidine rings is 1. The number of imide groups is 1. The summed E-state index contributed by atoms with van der Waals surface area (Å²) >= 11 is 0. The average Bonchev–Trinajstić information content (AvgIpc) is 2.42. The van der Waals surface area contributed by atoms with Crippen molar-refractivity contribution in [1.82, 2.24) is 10.6 Å². The van der Waals surface area contributed by atoms with Crippen LogP contribution in [0.3, 0.4) is 0 Å². The zero-order valence-corrected chi connectivity index (χ0v) is 11.6. The van der Waals surface area contributed by atoms with Crippen molar-refractivity contribution in [1.29, 1.82) is 0 Å². The highest BCUT2D eigenvalue weighted by Gasteiger charge is 2.28. The molecule has 1 unspecified atom stereocenters. The van der Waals surface area contributed by atoms with Crippen LogP contribution in [0.5, 0.6) is 0 Å². The van der Waals surface area contributed by atoms with Crippen molar-refractivity contribution in [2.45, 2.75) is 38.6 Å². The Bertz CT molecular complexity index is 552. The summed E-state index contributed by atoms with van der Waals surface area (Å²) in [5, 5.41) is 4.89. The van der Waals surface area contributed by atoms with E-state index in [1.54, 1.807) is 6.07 Å². The summed E-state index contributed by atoms with van der Waals surface area (Å²) in [6, 6.07) is 6.70. The SMILES string of the molecule is CC(C)c1cccc(C(=O)NC2CCC(=O)NC2=O)c1. The summed E-state index contributed by atoms with van der Waals surface area (Å²) in [5.41, 5.74) is 1.60. The fourth-order valence-corrected chi connectivity index (χ4v) is 2.11. The highest BCUT2D eigenvalue weighted by Crippen LogP contribution is 2.16. The van der Waals surface area contributed by atoms with E-state index in [2.05, 4.69) is 24.5 Å². The van der Waals surface area contributed by atoms with Crippen LogP contribution >= 0.6 is 0 Å². The van der Waals surface area contributed by atoms with Crippen molar-refractivity contribution in [3.8, 4) is 0 Å². The maximum absolute atomic E-state index is 12.1. The minimum atomic E-state index is -0.636. The average molecular weight is 274 g/mol. The maximum Gasteiger partial charge on any atom is 0.251 e. The number of carbonyl (C=O) groups is 3. The molecule has 0 aliphatic carbocycles. The molecule has 1 aliphatic rings. The van der Waals surface area contributed by atoms with E-state index in [-0.39, 0.29) is 18.2 Å². The summed E-state index contributed by atoms with van der Waals surface area (Å²) < 4.78 is 0. The van der Waals surface area contributed by atoms with E-state index in [0.717, 1.165) is 5.56 Å². The van der Waals surface area contributed by atoms with Gasteiger partial charge in [-0.2, -0.15) is 0 Å². The lowest BCUT2D eigenvalue weighted by Crippen LogP contribution is -2.52. The van der Waals surface area contributed by atoms with Crippen molar-refractivity contribution < 1.29 is 14.4 Å². The molecule has 1 atom stereocenters. The molecule has 20 heavy (non-hydrogen) atoms. The predicted octanol–water partition coefficient (Wildman–Crippen LogP) is 1.34. The maximum atomic E-state index is 12.1. The third kappa shape index (κ3) is 3.23. The van der Waals surface area contributed by atoms with Gasteiger partial charge in [0.25, 0.3) is 5.91 Å². The van der Waals surface area contributed by atoms with Gasteiger partial charge in [-0.3, -0.25) is 19.7 Å². The zero-order valence-electron chi connectivity index (χ0n) is 11.6. The van der Waals surface area contributed by atoms with Gasteiger partial charge in [0.15, 0.2) is 0 Å². The van der Waals surface area contributed by atoms with E-state index in [1.807, 2.05) is 18.2 Å².